The van der Waals surface area contributed by atoms with Crippen molar-refractivity contribution >= 4 is 5.97 Å². The molecule has 0 spiro atoms. The number of nitrogens with zero attached hydrogens (tertiary/aromatic N) is 2. The lowest BCUT2D eigenvalue weighted by Crippen LogP contribution is -2.31. The fourth-order valence-corrected chi connectivity index (χ4v) is 1.17. The van der Waals surface area contributed by atoms with E-state index in [2.05, 4.69) is 11.5 Å². The lowest BCUT2D eigenvalue weighted by Gasteiger charge is -1.93. The number of rotatable bonds is 5. The number of aryl methyl sites for hydroxylation is 2. The zero-order valence-corrected chi connectivity index (χ0v) is 7.81. The third-order valence-electron chi connectivity index (χ3n) is 1.92. The van der Waals surface area contributed by atoms with E-state index in [9.17, 15) is 4.79 Å². The first-order chi connectivity index (χ1) is 6.22. The third-order valence-corrected chi connectivity index (χ3v) is 1.92. The molecule has 1 N–H and O–H groups in total. The summed E-state index contributed by atoms with van der Waals surface area (Å²) in [5.74, 6) is -0.726. The van der Waals surface area contributed by atoms with Gasteiger partial charge in [-0.25, -0.2) is 9.13 Å². The Morgan fingerprint density at radius 3 is 2.92 bits per heavy atom. The van der Waals surface area contributed by atoms with Crippen LogP contribution in [0.3, 0.4) is 0 Å². The van der Waals surface area contributed by atoms with Crippen molar-refractivity contribution in [2.24, 2.45) is 0 Å². The van der Waals surface area contributed by atoms with Crippen LogP contribution in [0.25, 0.3) is 0 Å². The van der Waals surface area contributed by atoms with E-state index in [1.165, 1.54) is 0 Å². The molecule has 72 valence electrons. The molecule has 1 aromatic rings. The van der Waals surface area contributed by atoms with Crippen LogP contribution in [-0.4, -0.2) is 15.6 Å². The van der Waals surface area contributed by atoms with Crippen LogP contribution < -0.4 is 4.57 Å². The van der Waals surface area contributed by atoms with Gasteiger partial charge >= 0.3 is 5.97 Å². The summed E-state index contributed by atoms with van der Waals surface area (Å²) in [4.78, 5) is 10.2. The van der Waals surface area contributed by atoms with E-state index in [0.717, 1.165) is 13.1 Å². The van der Waals surface area contributed by atoms with Gasteiger partial charge in [0.1, 0.15) is 12.4 Å². The summed E-state index contributed by atoms with van der Waals surface area (Å²) in [5.41, 5.74) is 0. The lowest BCUT2D eigenvalue weighted by atomic mass is 10.3. The highest BCUT2D eigenvalue weighted by Crippen LogP contribution is 1.89. The van der Waals surface area contributed by atoms with Crippen molar-refractivity contribution in [3.8, 4) is 0 Å². The Balaban J connectivity index is 2.32. The van der Waals surface area contributed by atoms with Crippen LogP contribution in [0.2, 0.25) is 0 Å². The highest BCUT2D eigenvalue weighted by Gasteiger charge is 2.02. The van der Waals surface area contributed by atoms with E-state index in [-0.39, 0.29) is 6.42 Å². The van der Waals surface area contributed by atoms with Crippen LogP contribution in [0.4, 0.5) is 0 Å². The second-order valence-corrected chi connectivity index (χ2v) is 2.98. The average Bonchev–Trinajstić information content (AvgIpc) is 2.52. The van der Waals surface area contributed by atoms with Crippen LogP contribution in [0, 0.1) is 0 Å². The molecule has 4 heteroatoms. The summed E-state index contributed by atoms with van der Waals surface area (Å²) in [7, 11) is 0. The zero-order valence-electron chi connectivity index (χ0n) is 7.81. The van der Waals surface area contributed by atoms with Gasteiger partial charge in [0.05, 0.1) is 13.1 Å². The first kappa shape index (κ1) is 9.77. The van der Waals surface area contributed by atoms with E-state index in [0.29, 0.717) is 6.42 Å². The molecule has 0 aromatic carbocycles. The third kappa shape index (κ3) is 3.27. The SMILES string of the molecule is CCn1cc[n+](CCCC(=O)O)c1. The largest absolute Gasteiger partial charge is 0.481 e. The van der Waals surface area contributed by atoms with Crippen molar-refractivity contribution in [2.75, 3.05) is 0 Å². The van der Waals surface area contributed by atoms with Crippen molar-refractivity contribution in [2.45, 2.75) is 32.9 Å². The second-order valence-electron chi connectivity index (χ2n) is 2.98. The highest BCUT2D eigenvalue weighted by atomic mass is 16.4. The molecule has 1 heterocycles. The fraction of sp³-hybridized carbons (Fsp3) is 0.556. The summed E-state index contributed by atoms with van der Waals surface area (Å²) >= 11 is 0. The smallest absolute Gasteiger partial charge is 0.303 e. The van der Waals surface area contributed by atoms with E-state index in [1.54, 1.807) is 0 Å². The first-order valence-electron chi connectivity index (χ1n) is 4.49. The van der Waals surface area contributed by atoms with Gasteiger partial charge < -0.3 is 5.11 Å². The number of aromatic nitrogens is 2. The average molecular weight is 183 g/mol. The molecule has 0 atom stereocenters. The molecule has 0 saturated heterocycles. The molecule has 4 nitrogen and oxygen atoms in total. The van der Waals surface area contributed by atoms with Crippen molar-refractivity contribution in [3.63, 3.8) is 0 Å². The monoisotopic (exact) mass is 183 g/mol. The molecule has 0 radical (unpaired) electrons. The van der Waals surface area contributed by atoms with Gasteiger partial charge in [0.15, 0.2) is 0 Å². The van der Waals surface area contributed by atoms with Crippen LogP contribution in [0.15, 0.2) is 18.7 Å². The number of hydrogen-bond acceptors (Lipinski definition) is 1. The molecule has 0 aliphatic rings. The van der Waals surface area contributed by atoms with Gasteiger partial charge in [0.25, 0.3) is 0 Å². The van der Waals surface area contributed by atoms with Crippen LogP contribution in [0.5, 0.6) is 0 Å². The minimum absolute atomic E-state index is 0.240. The Morgan fingerprint density at radius 1 is 1.62 bits per heavy atom. The number of carboxylic acids is 1. The second kappa shape index (κ2) is 4.64. The van der Waals surface area contributed by atoms with E-state index >= 15 is 0 Å². The lowest BCUT2D eigenvalue weighted by molar-refractivity contribution is -0.696. The van der Waals surface area contributed by atoms with Gasteiger partial charge in [-0.3, -0.25) is 4.79 Å². The summed E-state index contributed by atoms with van der Waals surface area (Å²) in [6, 6.07) is 0. The number of hydrogen-bond donors (Lipinski definition) is 1. The number of aliphatic carboxylic acids is 1. The van der Waals surface area contributed by atoms with Crippen LogP contribution in [0.1, 0.15) is 19.8 Å². The van der Waals surface area contributed by atoms with Crippen molar-refractivity contribution in [1.82, 2.24) is 4.57 Å². The Morgan fingerprint density at radius 2 is 2.38 bits per heavy atom. The summed E-state index contributed by atoms with van der Waals surface area (Å²) < 4.78 is 4.06. The molecule has 0 amide bonds. The Labute approximate surface area is 77.4 Å². The Hall–Kier alpha value is -1.32. The molecule has 1 rings (SSSR count). The summed E-state index contributed by atoms with van der Waals surface area (Å²) in [5, 5.41) is 8.43. The van der Waals surface area contributed by atoms with Crippen molar-refractivity contribution < 1.29 is 14.5 Å². The van der Waals surface area contributed by atoms with E-state index in [4.69, 9.17) is 5.11 Å². The summed E-state index contributed by atoms with van der Waals surface area (Å²) in [6.45, 7) is 3.80. The molecule has 1 aromatic heterocycles. The normalized spacial score (nSPS) is 10.2. The van der Waals surface area contributed by atoms with Gasteiger partial charge in [0, 0.05) is 6.42 Å². The van der Waals surface area contributed by atoms with E-state index in [1.807, 2.05) is 23.3 Å². The molecule has 0 fully saturated rings. The Kier molecular flexibility index (Phi) is 3.49. The van der Waals surface area contributed by atoms with Gasteiger partial charge in [-0.2, -0.15) is 0 Å². The predicted molar refractivity (Wildman–Crippen MR) is 47.2 cm³/mol. The molecule has 0 aliphatic heterocycles. The molecular formula is C9H15N2O2+. The minimum atomic E-state index is -0.726. The van der Waals surface area contributed by atoms with E-state index < -0.39 is 5.97 Å². The fourth-order valence-electron chi connectivity index (χ4n) is 1.17. The van der Waals surface area contributed by atoms with Crippen molar-refractivity contribution in [3.05, 3.63) is 18.7 Å². The predicted octanol–water partition coefficient (Wildman–Crippen LogP) is 0.660. The van der Waals surface area contributed by atoms with Gasteiger partial charge in [-0.15, -0.1) is 0 Å². The molecule has 0 unspecified atom stereocenters. The van der Waals surface area contributed by atoms with Crippen LogP contribution in [-0.2, 0) is 17.9 Å². The van der Waals surface area contributed by atoms with Gasteiger partial charge in [-0.1, -0.05) is 0 Å². The quantitative estimate of drug-likeness (QED) is 0.682. The minimum Gasteiger partial charge on any atom is -0.481 e. The highest BCUT2D eigenvalue weighted by molar-refractivity contribution is 5.66. The molecule has 13 heavy (non-hydrogen) atoms. The summed E-state index contributed by atoms with van der Waals surface area (Å²) in [6.07, 6.45) is 6.87. The molecule has 0 bridgehead atoms. The Bertz CT molecular complexity index is 281. The zero-order chi connectivity index (χ0) is 9.68. The maximum absolute atomic E-state index is 10.2. The molecular weight excluding hydrogens is 168 g/mol. The van der Waals surface area contributed by atoms with Gasteiger partial charge in [-0.05, 0) is 13.3 Å². The standard InChI is InChI=1S/C9H14N2O2/c1-2-10-6-7-11(8-10)5-3-4-9(12)13/h6-8H,2-5H2,1H3/p+1. The maximum Gasteiger partial charge on any atom is 0.303 e. The number of imidazole rings is 1. The first-order valence-corrected chi connectivity index (χ1v) is 4.49. The molecule has 0 aliphatic carbocycles. The van der Waals surface area contributed by atoms with Gasteiger partial charge in [0.2, 0.25) is 6.33 Å². The topological polar surface area (TPSA) is 46.1 Å². The maximum atomic E-state index is 10.2. The molecule has 0 saturated carbocycles. The van der Waals surface area contributed by atoms with Crippen LogP contribution >= 0.6 is 0 Å². The number of carbonyl (C=O) groups is 1. The van der Waals surface area contributed by atoms with Crippen molar-refractivity contribution in [1.29, 1.82) is 0 Å². The number of carboxylic acid groups (broad SMARTS) is 1.